The molecule has 0 spiro atoms. The Morgan fingerprint density at radius 2 is 2.13 bits per heavy atom. The molecule has 0 unspecified atom stereocenters. The molecule has 0 aromatic rings. The van der Waals surface area contributed by atoms with E-state index in [1.807, 2.05) is 0 Å². The summed E-state index contributed by atoms with van der Waals surface area (Å²) >= 11 is 0. The molecule has 1 aliphatic rings. The van der Waals surface area contributed by atoms with Gasteiger partial charge in [0.15, 0.2) is 0 Å². The van der Waals surface area contributed by atoms with Gasteiger partial charge in [-0.1, -0.05) is 13.8 Å². The summed E-state index contributed by atoms with van der Waals surface area (Å²) in [7, 11) is 0. The Morgan fingerprint density at radius 3 is 2.73 bits per heavy atom. The molecule has 3 heteroatoms. The lowest BCUT2D eigenvalue weighted by atomic mass is 10.1. The highest BCUT2D eigenvalue weighted by atomic mass is 16.5. The third kappa shape index (κ3) is 5.50. The van der Waals surface area contributed by atoms with Gasteiger partial charge in [-0.25, -0.2) is 0 Å². The number of aliphatic hydroxyl groups excluding tert-OH is 1. The van der Waals surface area contributed by atoms with Crippen molar-refractivity contribution in [2.45, 2.75) is 51.7 Å². The van der Waals surface area contributed by atoms with Crippen molar-refractivity contribution < 1.29 is 9.84 Å². The Balaban J connectivity index is 1.88. The van der Waals surface area contributed by atoms with Crippen molar-refractivity contribution in [2.75, 3.05) is 19.8 Å². The van der Waals surface area contributed by atoms with E-state index in [4.69, 9.17) is 4.74 Å². The summed E-state index contributed by atoms with van der Waals surface area (Å²) in [6.45, 7) is 6.88. The fourth-order valence-electron chi connectivity index (χ4n) is 1.92. The number of aliphatic hydroxyl groups is 1. The molecule has 2 atom stereocenters. The van der Waals surface area contributed by atoms with E-state index in [1.54, 1.807) is 0 Å². The second-order valence-corrected chi connectivity index (χ2v) is 4.85. The molecule has 3 nitrogen and oxygen atoms in total. The highest BCUT2D eigenvalue weighted by molar-refractivity contribution is 4.82. The number of hydrogen-bond donors (Lipinski definition) is 2. The Morgan fingerprint density at radius 1 is 1.33 bits per heavy atom. The standard InChI is InChI=1S/C12H25NO2/c1-10(2)6-8-15-9-7-13-11-4-3-5-12(11)14/h10-14H,3-9H2,1-2H3/t11-,12-/m1/s1. The van der Waals surface area contributed by atoms with Crippen molar-refractivity contribution in [3.05, 3.63) is 0 Å². The highest BCUT2D eigenvalue weighted by Crippen LogP contribution is 2.18. The zero-order valence-electron chi connectivity index (χ0n) is 10.0. The van der Waals surface area contributed by atoms with Crippen molar-refractivity contribution in [3.8, 4) is 0 Å². The topological polar surface area (TPSA) is 41.5 Å². The van der Waals surface area contributed by atoms with Crippen LogP contribution in [0.25, 0.3) is 0 Å². The number of nitrogens with one attached hydrogen (secondary N) is 1. The maximum atomic E-state index is 9.56. The molecule has 2 N–H and O–H groups in total. The van der Waals surface area contributed by atoms with Crippen LogP contribution in [0, 0.1) is 5.92 Å². The molecule has 1 saturated carbocycles. The predicted octanol–water partition coefficient (Wildman–Crippen LogP) is 1.55. The Bertz CT molecular complexity index is 162. The van der Waals surface area contributed by atoms with Crippen molar-refractivity contribution in [1.29, 1.82) is 0 Å². The van der Waals surface area contributed by atoms with E-state index < -0.39 is 0 Å². The average Bonchev–Trinajstić information content (AvgIpc) is 2.57. The minimum atomic E-state index is -0.138. The Hall–Kier alpha value is -0.120. The van der Waals surface area contributed by atoms with E-state index in [2.05, 4.69) is 19.2 Å². The minimum Gasteiger partial charge on any atom is -0.392 e. The Kier molecular flexibility index (Phi) is 6.22. The molecule has 90 valence electrons. The van der Waals surface area contributed by atoms with Crippen molar-refractivity contribution in [2.24, 2.45) is 5.92 Å². The van der Waals surface area contributed by atoms with Gasteiger partial charge in [0.1, 0.15) is 0 Å². The molecule has 0 aromatic heterocycles. The molecule has 0 aliphatic heterocycles. The van der Waals surface area contributed by atoms with Gasteiger partial charge < -0.3 is 15.2 Å². The second-order valence-electron chi connectivity index (χ2n) is 4.85. The first-order valence-corrected chi connectivity index (χ1v) is 6.19. The summed E-state index contributed by atoms with van der Waals surface area (Å²) in [5.74, 6) is 0.717. The van der Waals surface area contributed by atoms with Crippen molar-refractivity contribution >= 4 is 0 Å². The number of hydrogen-bond acceptors (Lipinski definition) is 3. The van der Waals surface area contributed by atoms with E-state index in [-0.39, 0.29) is 6.10 Å². The van der Waals surface area contributed by atoms with Gasteiger partial charge in [-0.15, -0.1) is 0 Å². The van der Waals surface area contributed by atoms with Gasteiger partial charge in [-0.3, -0.25) is 0 Å². The summed E-state index contributed by atoms with van der Waals surface area (Å²) < 4.78 is 5.50. The molecule has 1 fully saturated rings. The predicted molar refractivity (Wildman–Crippen MR) is 61.9 cm³/mol. The summed E-state index contributed by atoms with van der Waals surface area (Å²) in [4.78, 5) is 0. The van der Waals surface area contributed by atoms with Crippen LogP contribution in [0.5, 0.6) is 0 Å². The lowest BCUT2D eigenvalue weighted by Crippen LogP contribution is -2.37. The van der Waals surface area contributed by atoms with Crippen LogP contribution in [0.15, 0.2) is 0 Å². The van der Waals surface area contributed by atoms with Crippen LogP contribution in [-0.4, -0.2) is 37.0 Å². The molecule has 0 saturated heterocycles. The minimum absolute atomic E-state index is 0.138. The van der Waals surface area contributed by atoms with Gasteiger partial charge in [0, 0.05) is 19.2 Å². The first-order chi connectivity index (χ1) is 7.20. The van der Waals surface area contributed by atoms with Crippen LogP contribution < -0.4 is 5.32 Å². The maximum absolute atomic E-state index is 9.56. The quantitative estimate of drug-likeness (QED) is 0.633. The molecule has 0 bridgehead atoms. The molecular weight excluding hydrogens is 190 g/mol. The third-order valence-electron chi connectivity index (χ3n) is 2.97. The van der Waals surface area contributed by atoms with Crippen LogP contribution in [0.1, 0.15) is 39.5 Å². The maximum Gasteiger partial charge on any atom is 0.0693 e. The smallest absolute Gasteiger partial charge is 0.0693 e. The van der Waals surface area contributed by atoms with E-state index in [1.165, 1.54) is 0 Å². The molecule has 15 heavy (non-hydrogen) atoms. The first kappa shape index (κ1) is 12.9. The van der Waals surface area contributed by atoms with Gasteiger partial charge in [0.2, 0.25) is 0 Å². The molecule has 0 amide bonds. The molecule has 0 heterocycles. The van der Waals surface area contributed by atoms with Gasteiger partial charge in [-0.2, -0.15) is 0 Å². The van der Waals surface area contributed by atoms with Crippen molar-refractivity contribution in [1.82, 2.24) is 5.32 Å². The zero-order chi connectivity index (χ0) is 11.1. The van der Waals surface area contributed by atoms with Crippen molar-refractivity contribution in [3.63, 3.8) is 0 Å². The number of ether oxygens (including phenoxy) is 1. The van der Waals surface area contributed by atoms with Crippen LogP contribution in [0.2, 0.25) is 0 Å². The highest BCUT2D eigenvalue weighted by Gasteiger charge is 2.23. The average molecular weight is 215 g/mol. The van der Waals surface area contributed by atoms with Crippen LogP contribution in [0.4, 0.5) is 0 Å². The lowest BCUT2D eigenvalue weighted by molar-refractivity contribution is 0.111. The van der Waals surface area contributed by atoms with Gasteiger partial charge in [0.05, 0.1) is 12.7 Å². The van der Waals surface area contributed by atoms with E-state index >= 15 is 0 Å². The molecule has 0 aromatic carbocycles. The van der Waals surface area contributed by atoms with Crippen LogP contribution >= 0.6 is 0 Å². The monoisotopic (exact) mass is 215 g/mol. The summed E-state index contributed by atoms with van der Waals surface area (Å²) in [5.41, 5.74) is 0. The van der Waals surface area contributed by atoms with Gasteiger partial charge >= 0.3 is 0 Å². The summed E-state index contributed by atoms with van der Waals surface area (Å²) in [6, 6.07) is 0.304. The van der Waals surface area contributed by atoms with Crippen LogP contribution in [0.3, 0.4) is 0 Å². The SMILES string of the molecule is CC(C)CCOCCN[C@@H]1CCC[C@H]1O. The molecule has 1 aliphatic carbocycles. The molecule has 0 radical (unpaired) electrons. The van der Waals surface area contributed by atoms with E-state index in [9.17, 15) is 5.11 Å². The van der Waals surface area contributed by atoms with Crippen LogP contribution in [-0.2, 0) is 4.74 Å². The second kappa shape index (κ2) is 7.20. The molecule has 1 rings (SSSR count). The normalized spacial score (nSPS) is 26.4. The van der Waals surface area contributed by atoms with E-state index in [0.29, 0.717) is 6.04 Å². The van der Waals surface area contributed by atoms with Gasteiger partial charge in [-0.05, 0) is 31.6 Å². The van der Waals surface area contributed by atoms with Gasteiger partial charge in [0.25, 0.3) is 0 Å². The van der Waals surface area contributed by atoms with E-state index in [0.717, 1.165) is 51.4 Å². The Labute approximate surface area is 93.2 Å². The summed E-state index contributed by atoms with van der Waals surface area (Å²) in [6.07, 6.45) is 4.19. The fraction of sp³-hybridized carbons (Fsp3) is 1.00. The molecular formula is C12H25NO2. The summed E-state index contributed by atoms with van der Waals surface area (Å²) in [5, 5.41) is 12.9. The largest absolute Gasteiger partial charge is 0.392 e. The lowest BCUT2D eigenvalue weighted by Gasteiger charge is -2.16. The number of rotatable bonds is 7. The first-order valence-electron chi connectivity index (χ1n) is 6.19. The zero-order valence-corrected chi connectivity index (χ0v) is 10.0. The fourth-order valence-corrected chi connectivity index (χ4v) is 1.92. The third-order valence-corrected chi connectivity index (χ3v) is 2.97.